The summed E-state index contributed by atoms with van der Waals surface area (Å²) in [6, 6.07) is 5.36. The third-order valence-corrected chi connectivity index (χ3v) is 4.34. The molecule has 0 radical (unpaired) electrons. The molecule has 7 heteroatoms. The van der Waals surface area contributed by atoms with Crippen molar-refractivity contribution in [3.63, 3.8) is 0 Å². The fourth-order valence-corrected chi connectivity index (χ4v) is 3.00. The minimum atomic E-state index is -3.17. The summed E-state index contributed by atoms with van der Waals surface area (Å²) in [7, 11) is -3.17. The van der Waals surface area contributed by atoms with Gasteiger partial charge in [-0.3, -0.25) is 0 Å². The van der Waals surface area contributed by atoms with E-state index in [1.807, 2.05) is 26.0 Å². The molecular formula is C16H28IN3O2S. The second-order valence-corrected chi connectivity index (χ2v) is 7.83. The maximum Gasteiger partial charge on any atom is 0.191 e. The van der Waals surface area contributed by atoms with Gasteiger partial charge in [-0.25, -0.2) is 13.4 Å². The number of rotatable bonds is 6. The van der Waals surface area contributed by atoms with Crippen LogP contribution in [0.4, 0.5) is 0 Å². The number of halogens is 1. The van der Waals surface area contributed by atoms with E-state index in [1.165, 1.54) is 6.26 Å². The van der Waals surface area contributed by atoms with Gasteiger partial charge in [0.05, 0.1) is 11.4 Å². The molecule has 23 heavy (non-hydrogen) atoms. The predicted octanol–water partition coefficient (Wildman–Crippen LogP) is 2.73. The van der Waals surface area contributed by atoms with Gasteiger partial charge in [0.15, 0.2) is 15.8 Å². The van der Waals surface area contributed by atoms with Crippen LogP contribution in [0.1, 0.15) is 31.9 Å². The average molecular weight is 453 g/mol. The first kappa shape index (κ1) is 22.2. The highest BCUT2D eigenvalue weighted by atomic mass is 127. The Morgan fingerprint density at radius 2 is 1.91 bits per heavy atom. The third-order valence-electron chi connectivity index (χ3n) is 3.08. The molecule has 0 amide bonds. The topological polar surface area (TPSA) is 70.6 Å². The molecule has 1 aromatic carbocycles. The molecule has 132 valence electrons. The quantitative estimate of drug-likeness (QED) is 0.395. The van der Waals surface area contributed by atoms with Crippen LogP contribution in [0.25, 0.3) is 0 Å². The lowest BCUT2D eigenvalue weighted by molar-refractivity contribution is 0.601. The number of sulfone groups is 1. The number of aryl methyl sites for hydroxylation is 1. The molecule has 0 atom stereocenters. The minimum Gasteiger partial charge on any atom is -0.357 e. The van der Waals surface area contributed by atoms with E-state index in [9.17, 15) is 8.42 Å². The second kappa shape index (κ2) is 10.1. The maximum atomic E-state index is 11.6. The minimum absolute atomic E-state index is 0. The van der Waals surface area contributed by atoms with Gasteiger partial charge in [0.1, 0.15) is 0 Å². The van der Waals surface area contributed by atoms with Gasteiger partial charge >= 0.3 is 0 Å². The lowest BCUT2D eigenvalue weighted by atomic mass is 10.1. The molecule has 0 aliphatic heterocycles. The van der Waals surface area contributed by atoms with Crippen molar-refractivity contribution in [1.29, 1.82) is 0 Å². The van der Waals surface area contributed by atoms with E-state index in [-0.39, 0.29) is 24.0 Å². The highest BCUT2D eigenvalue weighted by molar-refractivity contribution is 14.0. The molecule has 0 saturated carbocycles. The van der Waals surface area contributed by atoms with Gasteiger partial charge in [0, 0.05) is 19.3 Å². The van der Waals surface area contributed by atoms with Crippen molar-refractivity contribution in [2.24, 2.45) is 10.9 Å². The Kier molecular flexibility index (Phi) is 9.76. The molecule has 0 unspecified atom stereocenters. The first-order valence-corrected chi connectivity index (χ1v) is 9.45. The lowest BCUT2D eigenvalue weighted by Gasteiger charge is -2.13. The number of hydrogen-bond donors (Lipinski definition) is 2. The summed E-state index contributed by atoms with van der Waals surface area (Å²) < 4.78 is 23.2. The molecule has 5 nitrogen and oxygen atoms in total. The van der Waals surface area contributed by atoms with Gasteiger partial charge in [0.25, 0.3) is 0 Å². The molecule has 1 aromatic rings. The Balaban J connectivity index is 0.00000484. The summed E-state index contributed by atoms with van der Waals surface area (Å²) in [5.74, 6) is 1.32. The van der Waals surface area contributed by atoms with Crippen molar-refractivity contribution in [2.75, 3.05) is 19.3 Å². The zero-order chi connectivity index (χ0) is 16.8. The van der Waals surface area contributed by atoms with Crippen molar-refractivity contribution in [1.82, 2.24) is 10.6 Å². The highest BCUT2D eigenvalue weighted by Crippen LogP contribution is 2.17. The summed E-state index contributed by atoms with van der Waals surface area (Å²) in [6.45, 7) is 10.3. The summed E-state index contributed by atoms with van der Waals surface area (Å²) in [5.41, 5.74) is 1.75. The number of aliphatic imine (C=N–C) groups is 1. The van der Waals surface area contributed by atoms with E-state index in [2.05, 4.69) is 29.5 Å². The van der Waals surface area contributed by atoms with Crippen LogP contribution in [0.3, 0.4) is 0 Å². The predicted molar refractivity (Wildman–Crippen MR) is 107 cm³/mol. The van der Waals surface area contributed by atoms with Crippen LogP contribution in [0, 0.1) is 12.8 Å². The zero-order valence-electron chi connectivity index (χ0n) is 14.5. The number of hydrogen-bond acceptors (Lipinski definition) is 3. The van der Waals surface area contributed by atoms with Crippen LogP contribution in [-0.2, 0) is 16.4 Å². The van der Waals surface area contributed by atoms with E-state index < -0.39 is 9.84 Å². The average Bonchev–Trinajstić information content (AvgIpc) is 2.40. The smallest absolute Gasteiger partial charge is 0.191 e. The second-order valence-electron chi connectivity index (χ2n) is 5.84. The lowest BCUT2D eigenvalue weighted by Crippen LogP contribution is -2.39. The number of nitrogens with one attached hydrogen (secondary N) is 2. The Hall–Kier alpha value is -0.830. The van der Waals surface area contributed by atoms with Gasteiger partial charge in [-0.1, -0.05) is 26.0 Å². The van der Waals surface area contributed by atoms with Gasteiger partial charge in [-0.05, 0) is 37.0 Å². The molecule has 0 aliphatic rings. The van der Waals surface area contributed by atoms with Crippen molar-refractivity contribution >= 4 is 39.8 Å². The van der Waals surface area contributed by atoms with Crippen molar-refractivity contribution in [3.05, 3.63) is 29.3 Å². The Morgan fingerprint density at radius 3 is 2.39 bits per heavy atom. The molecule has 0 spiro atoms. The van der Waals surface area contributed by atoms with Gasteiger partial charge < -0.3 is 10.6 Å². The molecule has 0 aromatic heterocycles. The molecule has 2 N–H and O–H groups in total. The monoisotopic (exact) mass is 453 g/mol. The first-order valence-electron chi connectivity index (χ1n) is 7.55. The van der Waals surface area contributed by atoms with Gasteiger partial charge in [-0.2, -0.15) is 0 Å². The summed E-state index contributed by atoms with van der Waals surface area (Å²) in [4.78, 5) is 4.91. The Bertz CT molecular complexity index is 628. The fraction of sp³-hybridized carbons (Fsp3) is 0.562. The number of benzene rings is 1. The summed E-state index contributed by atoms with van der Waals surface area (Å²) in [5, 5.41) is 6.49. The van der Waals surface area contributed by atoms with Crippen LogP contribution in [-0.4, -0.2) is 33.7 Å². The molecule has 0 fully saturated rings. The first-order chi connectivity index (χ1) is 10.2. The van der Waals surface area contributed by atoms with Crippen LogP contribution >= 0.6 is 24.0 Å². The molecule has 1 rings (SSSR count). The standard InChI is InChI=1S/C16H27N3O2S.HI/c1-6-17-16(18-10-12(2)3)19-11-14-7-8-15(13(4)9-14)22(5,20)21;/h7-9,12H,6,10-11H2,1-5H3,(H2,17,18,19);1H. The zero-order valence-corrected chi connectivity index (χ0v) is 17.7. The largest absolute Gasteiger partial charge is 0.357 e. The summed E-state index contributed by atoms with van der Waals surface area (Å²) >= 11 is 0. The van der Waals surface area contributed by atoms with E-state index in [0.29, 0.717) is 17.4 Å². The Labute approximate surface area is 157 Å². The number of nitrogens with zero attached hydrogens (tertiary/aromatic N) is 1. The number of guanidine groups is 1. The summed E-state index contributed by atoms with van der Waals surface area (Å²) in [6.07, 6.45) is 1.23. The van der Waals surface area contributed by atoms with Crippen molar-refractivity contribution < 1.29 is 8.42 Å². The molecule has 0 bridgehead atoms. The van der Waals surface area contributed by atoms with E-state index >= 15 is 0 Å². The van der Waals surface area contributed by atoms with Gasteiger partial charge in [-0.15, -0.1) is 24.0 Å². The van der Waals surface area contributed by atoms with Crippen molar-refractivity contribution in [2.45, 2.75) is 39.1 Å². The maximum absolute atomic E-state index is 11.6. The molecule has 0 aliphatic carbocycles. The molecule has 0 saturated heterocycles. The SMILES string of the molecule is CCNC(=NCc1ccc(S(C)(=O)=O)c(C)c1)NCC(C)C.I. The third kappa shape index (κ3) is 8.01. The van der Waals surface area contributed by atoms with E-state index in [1.54, 1.807) is 6.07 Å². The normalized spacial score (nSPS) is 12.0. The van der Waals surface area contributed by atoms with Crippen LogP contribution in [0.2, 0.25) is 0 Å². The van der Waals surface area contributed by atoms with Crippen LogP contribution < -0.4 is 10.6 Å². The molecule has 0 heterocycles. The van der Waals surface area contributed by atoms with E-state index in [4.69, 9.17) is 0 Å². The van der Waals surface area contributed by atoms with Crippen LogP contribution in [0.5, 0.6) is 0 Å². The van der Waals surface area contributed by atoms with E-state index in [0.717, 1.165) is 30.2 Å². The fourth-order valence-electron chi connectivity index (χ4n) is 2.04. The Morgan fingerprint density at radius 1 is 1.26 bits per heavy atom. The van der Waals surface area contributed by atoms with Crippen LogP contribution in [0.15, 0.2) is 28.1 Å². The van der Waals surface area contributed by atoms with Gasteiger partial charge in [0.2, 0.25) is 0 Å². The highest BCUT2D eigenvalue weighted by Gasteiger charge is 2.10. The molecular weight excluding hydrogens is 425 g/mol. The van der Waals surface area contributed by atoms with Crippen molar-refractivity contribution in [3.8, 4) is 0 Å².